The molecule has 2 aliphatic rings. The van der Waals surface area contributed by atoms with Crippen molar-refractivity contribution < 1.29 is 8.42 Å². The van der Waals surface area contributed by atoms with Gasteiger partial charge >= 0.3 is 0 Å². The molecule has 3 heterocycles. The molecule has 1 atom stereocenters. The van der Waals surface area contributed by atoms with Gasteiger partial charge in [-0.05, 0) is 43.7 Å². The van der Waals surface area contributed by atoms with Crippen molar-refractivity contribution in [3.05, 3.63) is 40.0 Å². The maximum absolute atomic E-state index is 13.3. The molecule has 2 saturated heterocycles. The van der Waals surface area contributed by atoms with Gasteiger partial charge in [-0.3, -0.25) is 9.67 Å². The largest absolute Gasteiger partial charge is 0.370 e. The van der Waals surface area contributed by atoms with Crippen LogP contribution in [0.25, 0.3) is 11.3 Å². The van der Waals surface area contributed by atoms with Gasteiger partial charge in [0.1, 0.15) is 0 Å². The molecule has 2 fully saturated rings. The molecule has 1 aromatic heterocycles. The zero-order chi connectivity index (χ0) is 24.5. The molecule has 2 aromatic rings. The van der Waals surface area contributed by atoms with Crippen molar-refractivity contribution in [1.29, 1.82) is 0 Å². The Balaban J connectivity index is 1.42. The predicted molar refractivity (Wildman–Crippen MR) is 136 cm³/mol. The van der Waals surface area contributed by atoms with Gasteiger partial charge in [-0.25, -0.2) is 0 Å². The molecule has 0 spiro atoms. The Morgan fingerprint density at radius 2 is 1.88 bits per heavy atom. The minimum atomic E-state index is -3.52. The van der Waals surface area contributed by atoms with Crippen molar-refractivity contribution in [1.82, 2.24) is 18.4 Å². The maximum atomic E-state index is 13.3. The summed E-state index contributed by atoms with van der Waals surface area (Å²) in [6.07, 6.45) is 3.19. The second-order valence-electron chi connectivity index (χ2n) is 8.99. The highest BCUT2D eigenvalue weighted by Gasteiger charge is 2.36. The summed E-state index contributed by atoms with van der Waals surface area (Å²) < 4.78 is 31.7. The Bertz CT molecular complexity index is 1160. The normalized spacial score (nSPS) is 21.0. The summed E-state index contributed by atoms with van der Waals surface area (Å²) in [7, 11) is -1.61. The van der Waals surface area contributed by atoms with E-state index in [1.165, 1.54) is 0 Å². The van der Waals surface area contributed by atoms with Crippen LogP contribution in [0.5, 0.6) is 0 Å². The fraction of sp³-hybridized carbons (Fsp3) is 0.545. The monoisotopic (exact) mass is 527 g/mol. The van der Waals surface area contributed by atoms with Crippen molar-refractivity contribution in [2.75, 3.05) is 32.7 Å². The van der Waals surface area contributed by atoms with Crippen LogP contribution in [0.15, 0.2) is 29.3 Å². The molecule has 12 heteroatoms. The molecule has 0 bridgehead atoms. The minimum Gasteiger partial charge on any atom is -0.370 e. The lowest BCUT2D eigenvalue weighted by Crippen LogP contribution is -2.50. The number of aliphatic imine (C=N–C) groups is 1. The standard InChI is InChI=1S/C22H31Cl2N7O2S/c1-29-20(12-19(28-29)17-5-2-6-18(23)21(17)24)16-7-10-30(11-8-16)34(32,33)31-9-3-4-15(14-31)13-27-22(25)26/h2,5-6,12,15-16H,3-4,7-11,13-14H2,1H3,(H4,25,26,27). The van der Waals surface area contributed by atoms with E-state index in [2.05, 4.69) is 10.1 Å². The molecule has 4 N–H and O–H groups in total. The Hall–Kier alpha value is -1.85. The third-order valence-corrected chi connectivity index (χ3v) is 9.50. The molecule has 4 rings (SSSR count). The fourth-order valence-electron chi connectivity index (χ4n) is 4.86. The van der Waals surface area contributed by atoms with Gasteiger partial charge < -0.3 is 11.5 Å². The third kappa shape index (κ3) is 5.36. The van der Waals surface area contributed by atoms with Crippen molar-refractivity contribution in [2.45, 2.75) is 31.6 Å². The van der Waals surface area contributed by atoms with Crippen molar-refractivity contribution in [3.8, 4) is 11.3 Å². The lowest BCUT2D eigenvalue weighted by Gasteiger charge is -2.38. The van der Waals surface area contributed by atoms with Crippen LogP contribution in [0.1, 0.15) is 37.3 Å². The number of aryl methyl sites for hydroxylation is 1. The molecule has 1 unspecified atom stereocenters. The number of hydrogen-bond donors (Lipinski definition) is 2. The molecular weight excluding hydrogens is 497 g/mol. The van der Waals surface area contributed by atoms with Crippen LogP contribution in [-0.4, -0.2) is 65.5 Å². The molecular formula is C22H31Cl2N7O2S. The predicted octanol–water partition coefficient (Wildman–Crippen LogP) is 2.80. The number of halogens is 2. The summed E-state index contributed by atoms with van der Waals surface area (Å²) in [5, 5.41) is 5.61. The number of aromatic nitrogens is 2. The van der Waals surface area contributed by atoms with Gasteiger partial charge in [0.05, 0.1) is 15.7 Å². The van der Waals surface area contributed by atoms with Gasteiger partial charge in [-0.1, -0.05) is 35.3 Å². The van der Waals surface area contributed by atoms with Crippen LogP contribution in [0.2, 0.25) is 10.0 Å². The van der Waals surface area contributed by atoms with E-state index in [-0.39, 0.29) is 17.8 Å². The maximum Gasteiger partial charge on any atom is 0.281 e. The average Bonchev–Trinajstić information content (AvgIpc) is 3.21. The van der Waals surface area contributed by atoms with Gasteiger partial charge in [-0.15, -0.1) is 0 Å². The number of nitrogens with two attached hydrogens (primary N) is 2. The van der Waals surface area contributed by atoms with Gasteiger partial charge in [0.2, 0.25) is 0 Å². The van der Waals surface area contributed by atoms with E-state index in [0.717, 1.165) is 42.6 Å². The SMILES string of the molecule is Cn1nc(-c2cccc(Cl)c2Cl)cc1C1CCN(S(=O)(=O)N2CCCC(CN=C(N)N)C2)CC1. The van der Waals surface area contributed by atoms with Gasteiger partial charge in [0.25, 0.3) is 10.2 Å². The minimum absolute atomic E-state index is 0.0398. The van der Waals surface area contributed by atoms with E-state index in [0.29, 0.717) is 42.8 Å². The summed E-state index contributed by atoms with van der Waals surface area (Å²) in [4.78, 5) is 4.08. The van der Waals surface area contributed by atoms with E-state index in [1.807, 2.05) is 29.9 Å². The van der Waals surface area contributed by atoms with E-state index in [9.17, 15) is 8.42 Å². The highest BCUT2D eigenvalue weighted by molar-refractivity contribution is 7.86. The summed E-state index contributed by atoms with van der Waals surface area (Å²) in [5.74, 6) is 0.388. The quantitative estimate of drug-likeness (QED) is 0.441. The first-order valence-electron chi connectivity index (χ1n) is 11.5. The number of hydrogen-bond acceptors (Lipinski definition) is 4. The molecule has 186 valence electrons. The molecule has 1 aromatic carbocycles. The zero-order valence-corrected chi connectivity index (χ0v) is 21.5. The van der Waals surface area contributed by atoms with Crippen molar-refractivity contribution in [2.24, 2.45) is 29.4 Å². The second-order valence-corrected chi connectivity index (χ2v) is 11.7. The molecule has 34 heavy (non-hydrogen) atoms. The molecule has 9 nitrogen and oxygen atoms in total. The van der Waals surface area contributed by atoms with Crippen LogP contribution in [0.3, 0.4) is 0 Å². The van der Waals surface area contributed by atoms with Crippen LogP contribution in [0, 0.1) is 5.92 Å². The molecule has 2 aliphatic heterocycles. The Morgan fingerprint density at radius 3 is 2.59 bits per heavy atom. The van der Waals surface area contributed by atoms with Crippen LogP contribution in [0.4, 0.5) is 0 Å². The Kier molecular flexibility index (Phi) is 7.73. The number of benzene rings is 1. The molecule has 0 amide bonds. The van der Waals surface area contributed by atoms with Gasteiger partial charge in [0.15, 0.2) is 5.96 Å². The van der Waals surface area contributed by atoms with Crippen LogP contribution < -0.4 is 11.5 Å². The van der Waals surface area contributed by atoms with E-state index < -0.39 is 10.2 Å². The Labute approximate surface area is 210 Å². The number of nitrogens with zero attached hydrogens (tertiary/aromatic N) is 5. The van der Waals surface area contributed by atoms with Crippen molar-refractivity contribution >= 4 is 39.4 Å². The lowest BCUT2D eigenvalue weighted by molar-refractivity contribution is 0.236. The fourth-order valence-corrected chi connectivity index (χ4v) is 7.02. The number of guanidine groups is 1. The first kappa shape index (κ1) is 25.2. The van der Waals surface area contributed by atoms with Gasteiger partial charge in [-0.2, -0.15) is 22.1 Å². The van der Waals surface area contributed by atoms with E-state index >= 15 is 0 Å². The van der Waals surface area contributed by atoms with Crippen LogP contribution in [-0.2, 0) is 17.3 Å². The summed E-state index contributed by atoms with van der Waals surface area (Å²) in [6.45, 7) is 2.38. The number of rotatable bonds is 6. The topological polar surface area (TPSA) is 123 Å². The Morgan fingerprint density at radius 1 is 1.15 bits per heavy atom. The smallest absolute Gasteiger partial charge is 0.281 e. The molecule has 0 saturated carbocycles. The third-order valence-electron chi connectivity index (χ3n) is 6.68. The molecule has 0 aliphatic carbocycles. The summed E-state index contributed by atoms with van der Waals surface area (Å²) in [6, 6.07) is 7.53. The lowest BCUT2D eigenvalue weighted by atomic mass is 9.94. The summed E-state index contributed by atoms with van der Waals surface area (Å²) in [5.41, 5.74) is 13.5. The van der Waals surface area contributed by atoms with E-state index in [1.54, 1.807) is 14.7 Å². The van der Waals surface area contributed by atoms with Crippen LogP contribution >= 0.6 is 23.2 Å². The second kappa shape index (κ2) is 10.4. The zero-order valence-electron chi connectivity index (χ0n) is 19.2. The highest BCUT2D eigenvalue weighted by Crippen LogP contribution is 2.36. The summed E-state index contributed by atoms with van der Waals surface area (Å²) >= 11 is 12.6. The average molecular weight is 529 g/mol. The first-order chi connectivity index (χ1) is 16.2. The van der Waals surface area contributed by atoms with E-state index in [4.69, 9.17) is 34.7 Å². The van der Waals surface area contributed by atoms with Gasteiger partial charge in [0, 0.05) is 56.9 Å². The highest BCUT2D eigenvalue weighted by atomic mass is 35.5. The van der Waals surface area contributed by atoms with Crippen molar-refractivity contribution in [3.63, 3.8) is 0 Å². The first-order valence-corrected chi connectivity index (χ1v) is 13.6. The number of piperidine rings is 2. The molecule has 0 radical (unpaired) electrons.